The lowest BCUT2D eigenvalue weighted by Crippen LogP contribution is -1.95. The zero-order chi connectivity index (χ0) is 12.8. The van der Waals surface area contributed by atoms with E-state index in [4.69, 9.17) is 0 Å². The lowest BCUT2D eigenvalue weighted by atomic mass is 10.1. The second-order valence-electron chi connectivity index (χ2n) is 3.83. The zero-order valence-electron chi connectivity index (χ0n) is 9.71. The highest BCUT2D eigenvalue weighted by molar-refractivity contribution is 5.75. The maximum Gasteiger partial charge on any atom is 0.150 e. The first-order chi connectivity index (χ1) is 8.79. The Labute approximate surface area is 106 Å². The van der Waals surface area contributed by atoms with Gasteiger partial charge in [-0.1, -0.05) is 48.2 Å². The van der Waals surface area contributed by atoms with E-state index < -0.39 is 6.10 Å². The van der Waals surface area contributed by atoms with Crippen molar-refractivity contribution in [2.45, 2.75) is 6.10 Å². The third-order valence-electron chi connectivity index (χ3n) is 2.49. The number of carbonyl (C=O) groups excluding carboxylic acids is 1. The number of aldehydes is 1. The normalized spacial score (nSPS) is 11.2. The van der Waals surface area contributed by atoms with Crippen LogP contribution in [0.2, 0.25) is 0 Å². The van der Waals surface area contributed by atoms with Gasteiger partial charge in [0.2, 0.25) is 0 Å². The summed E-state index contributed by atoms with van der Waals surface area (Å²) in [4.78, 5) is 10.6. The van der Waals surface area contributed by atoms with Crippen LogP contribution in [0.25, 0.3) is 0 Å². The number of hydrogen-bond acceptors (Lipinski definition) is 2. The van der Waals surface area contributed by atoms with Crippen molar-refractivity contribution in [1.29, 1.82) is 0 Å². The molecule has 0 aromatic heterocycles. The van der Waals surface area contributed by atoms with Gasteiger partial charge in [-0.25, -0.2) is 0 Å². The van der Waals surface area contributed by atoms with Crippen molar-refractivity contribution in [1.82, 2.24) is 0 Å². The fourth-order valence-electron chi connectivity index (χ4n) is 1.56. The Hall–Kier alpha value is -2.37. The molecule has 0 fully saturated rings. The van der Waals surface area contributed by atoms with Gasteiger partial charge in [0.1, 0.15) is 12.4 Å². The van der Waals surface area contributed by atoms with Crippen LogP contribution < -0.4 is 0 Å². The number of rotatable bonds is 2. The number of aliphatic hydroxyl groups excluding tert-OH is 1. The second kappa shape index (κ2) is 5.81. The number of aliphatic hydroxyl groups is 1. The first kappa shape index (κ1) is 12.1. The van der Waals surface area contributed by atoms with Crippen molar-refractivity contribution in [2.75, 3.05) is 0 Å². The van der Waals surface area contributed by atoms with E-state index in [2.05, 4.69) is 11.8 Å². The molecule has 0 spiro atoms. The van der Waals surface area contributed by atoms with Gasteiger partial charge in [0.15, 0.2) is 0 Å². The van der Waals surface area contributed by atoms with Crippen molar-refractivity contribution in [3.05, 3.63) is 71.3 Å². The Bertz CT molecular complexity index is 591. The summed E-state index contributed by atoms with van der Waals surface area (Å²) in [6, 6.07) is 16.3. The molecule has 0 aliphatic carbocycles. The molecular weight excluding hydrogens is 224 g/mol. The van der Waals surface area contributed by atoms with Gasteiger partial charge in [0.05, 0.1) is 0 Å². The molecule has 0 bridgehead atoms. The van der Waals surface area contributed by atoms with Crippen molar-refractivity contribution in [2.24, 2.45) is 0 Å². The van der Waals surface area contributed by atoms with E-state index in [0.29, 0.717) is 11.1 Å². The predicted molar refractivity (Wildman–Crippen MR) is 70.1 cm³/mol. The van der Waals surface area contributed by atoms with E-state index >= 15 is 0 Å². The maximum absolute atomic E-state index is 10.6. The first-order valence-corrected chi connectivity index (χ1v) is 5.59. The van der Waals surface area contributed by atoms with Crippen LogP contribution in [0.4, 0.5) is 0 Å². The molecule has 2 aromatic rings. The molecule has 0 aliphatic rings. The monoisotopic (exact) mass is 236 g/mol. The molecule has 0 radical (unpaired) electrons. The molecule has 1 atom stereocenters. The standard InChI is InChI=1S/C16H12O2/c17-12-14-7-4-8-15(11-14)16(18)10-9-13-5-2-1-3-6-13/h1-8,11-12,16,18H. The van der Waals surface area contributed by atoms with Gasteiger partial charge in [-0.2, -0.15) is 0 Å². The summed E-state index contributed by atoms with van der Waals surface area (Å²) in [5.74, 6) is 5.65. The minimum absolute atomic E-state index is 0.535. The fourth-order valence-corrected chi connectivity index (χ4v) is 1.56. The summed E-state index contributed by atoms with van der Waals surface area (Å²) in [6.07, 6.45) is -0.133. The molecule has 0 saturated heterocycles. The van der Waals surface area contributed by atoms with Gasteiger partial charge < -0.3 is 5.11 Å². The molecule has 0 heterocycles. The average Bonchev–Trinajstić information content (AvgIpc) is 2.46. The Morgan fingerprint density at radius 1 is 1.06 bits per heavy atom. The molecule has 0 amide bonds. The van der Waals surface area contributed by atoms with Crippen LogP contribution in [-0.4, -0.2) is 11.4 Å². The molecule has 0 saturated carbocycles. The lowest BCUT2D eigenvalue weighted by Gasteiger charge is -2.03. The number of hydrogen-bond donors (Lipinski definition) is 1. The van der Waals surface area contributed by atoms with E-state index in [-0.39, 0.29) is 0 Å². The Morgan fingerprint density at radius 2 is 1.83 bits per heavy atom. The minimum atomic E-state index is -0.884. The SMILES string of the molecule is O=Cc1cccc(C(O)C#Cc2ccccc2)c1. The van der Waals surface area contributed by atoms with Crippen LogP contribution in [0.15, 0.2) is 54.6 Å². The molecule has 1 N–H and O–H groups in total. The Morgan fingerprint density at radius 3 is 2.56 bits per heavy atom. The van der Waals surface area contributed by atoms with Gasteiger partial charge in [-0.3, -0.25) is 4.79 Å². The second-order valence-corrected chi connectivity index (χ2v) is 3.83. The molecule has 2 rings (SSSR count). The van der Waals surface area contributed by atoms with E-state index in [1.165, 1.54) is 0 Å². The largest absolute Gasteiger partial charge is 0.376 e. The third kappa shape index (κ3) is 3.07. The molecule has 2 aromatic carbocycles. The van der Waals surface area contributed by atoms with Crippen LogP contribution in [0.1, 0.15) is 27.6 Å². The van der Waals surface area contributed by atoms with Crippen LogP contribution in [-0.2, 0) is 0 Å². The summed E-state index contributed by atoms with van der Waals surface area (Å²) in [6.45, 7) is 0. The fraction of sp³-hybridized carbons (Fsp3) is 0.0625. The van der Waals surface area contributed by atoms with Crippen LogP contribution in [0.3, 0.4) is 0 Å². The molecule has 2 heteroatoms. The molecule has 0 aliphatic heterocycles. The Kier molecular flexibility index (Phi) is 3.90. The van der Waals surface area contributed by atoms with Gasteiger partial charge in [-0.15, -0.1) is 0 Å². The molecule has 1 unspecified atom stereocenters. The summed E-state index contributed by atoms with van der Waals surface area (Å²) >= 11 is 0. The topological polar surface area (TPSA) is 37.3 Å². The van der Waals surface area contributed by atoms with E-state index in [1.54, 1.807) is 24.3 Å². The van der Waals surface area contributed by atoms with Crippen LogP contribution >= 0.6 is 0 Å². The first-order valence-electron chi connectivity index (χ1n) is 5.59. The van der Waals surface area contributed by atoms with Gasteiger partial charge in [-0.05, 0) is 23.8 Å². The molecular formula is C16H12O2. The predicted octanol–water partition coefficient (Wildman–Crippen LogP) is 2.58. The number of carbonyl (C=O) groups is 1. The van der Waals surface area contributed by atoms with Crippen LogP contribution in [0.5, 0.6) is 0 Å². The smallest absolute Gasteiger partial charge is 0.150 e. The zero-order valence-corrected chi connectivity index (χ0v) is 9.71. The molecule has 18 heavy (non-hydrogen) atoms. The highest BCUT2D eigenvalue weighted by Crippen LogP contribution is 2.13. The van der Waals surface area contributed by atoms with Crippen molar-refractivity contribution in [3.63, 3.8) is 0 Å². The highest BCUT2D eigenvalue weighted by Gasteiger charge is 2.03. The van der Waals surface area contributed by atoms with Crippen LogP contribution in [0, 0.1) is 11.8 Å². The van der Waals surface area contributed by atoms with Crippen molar-refractivity contribution >= 4 is 6.29 Å². The van der Waals surface area contributed by atoms with E-state index in [9.17, 15) is 9.90 Å². The van der Waals surface area contributed by atoms with E-state index in [1.807, 2.05) is 30.3 Å². The minimum Gasteiger partial charge on any atom is -0.376 e. The van der Waals surface area contributed by atoms with Gasteiger partial charge >= 0.3 is 0 Å². The lowest BCUT2D eigenvalue weighted by molar-refractivity contribution is 0.112. The summed E-state index contributed by atoms with van der Waals surface area (Å²) in [5.41, 5.74) is 2.01. The molecule has 2 nitrogen and oxygen atoms in total. The summed E-state index contributed by atoms with van der Waals surface area (Å²) < 4.78 is 0. The summed E-state index contributed by atoms with van der Waals surface area (Å²) in [7, 11) is 0. The van der Waals surface area contributed by atoms with Gasteiger partial charge in [0, 0.05) is 11.1 Å². The van der Waals surface area contributed by atoms with Crippen molar-refractivity contribution in [3.8, 4) is 11.8 Å². The average molecular weight is 236 g/mol. The van der Waals surface area contributed by atoms with Crippen molar-refractivity contribution < 1.29 is 9.90 Å². The highest BCUT2D eigenvalue weighted by atomic mass is 16.3. The number of benzene rings is 2. The maximum atomic E-state index is 10.6. The third-order valence-corrected chi connectivity index (χ3v) is 2.49. The van der Waals surface area contributed by atoms with Gasteiger partial charge in [0.25, 0.3) is 0 Å². The molecule has 88 valence electrons. The Balaban J connectivity index is 2.19. The quantitative estimate of drug-likeness (QED) is 0.642. The summed E-state index contributed by atoms with van der Waals surface area (Å²) in [5, 5.41) is 9.91. The van der Waals surface area contributed by atoms with E-state index in [0.717, 1.165) is 11.8 Å².